The van der Waals surface area contributed by atoms with Crippen molar-refractivity contribution in [2.24, 2.45) is 0 Å². The van der Waals surface area contributed by atoms with Gasteiger partial charge in [-0.15, -0.1) is 0 Å². The van der Waals surface area contributed by atoms with E-state index in [1.807, 2.05) is 12.1 Å². The van der Waals surface area contributed by atoms with Gasteiger partial charge in [0.25, 0.3) is 0 Å². The maximum Gasteiger partial charge on any atom is 0.0950 e. The van der Waals surface area contributed by atoms with E-state index >= 15 is 0 Å². The van der Waals surface area contributed by atoms with Gasteiger partial charge >= 0.3 is 0 Å². The smallest absolute Gasteiger partial charge is 0.0950 e. The van der Waals surface area contributed by atoms with Gasteiger partial charge in [-0.2, -0.15) is 0 Å². The van der Waals surface area contributed by atoms with Gasteiger partial charge in [-0.3, -0.25) is 0 Å². The standard InChI is InChI=1S/C16H17NO/c1-3-7-13(8-4-1)15-12-18-16(11-17-15)14-9-5-2-6-10-14/h1-10,15-17H,11-12H2. The van der Waals surface area contributed by atoms with Crippen LogP contribution in [0.1, 0.15) is 23.3 Å². The summed E-state index contributed by atoms with van der Waals surface area (Å²) in [6.45, 7) is 1.59. The summed E-state index contributed by atoms with van der Waals surface area (Å²) in [5.41, 5.74) is 2.54. The molecule has 1 aliphatic rings. The first-order chi connectivity index (χ1) is 8.93. The Kier molecular flexibility index (Phi) is 3.40. The molecular formula is C16H17NO. The lowest BCUT2D eigenvalue weighted by atomic mass is 10.0. The summed E-state index contributed by atoms with van der Waals surface area (Å²) >= 11 is 0. The Morgan fingerprint density at radius 3 is 2.00 bits per heavy atom. The molecule has 1 fully saturated rings. The lowest BCUT2D eigenvalue weighted by Gasteiger charge is -2.31. The molecule has 2 heteroatoms. The van der Waals surface area contributed by atoms with Gasteiger partial charge in [-0.05, 0) is 11.1 Å². The molecule has 0 saturated carbocycles. The molecule has 2 aromatic carbocycles. The molecule has 1 saturated heterocycles. The van der Waals surface area contributed by atoms with Crippen LogP contribution in [0.25, 0.3) is 0 Å². The van der Waals surface area contributed by atoms with Crippen molar-refractivity contribution >= 4 is 0 Å². The van der Waals surface area contributed by atoms with Crippen LogP contribution in [0, 0.1) is 0 Å². The zero-order valence-corrected chi connectivity index (χ0v) is 10.3. The second-order valence-corrected chi connectivity index (χ2v) is 4.60. The molecule has 0 amide bonds. The van der Waals surface area contributed by atoms with Crippen LogP contribution in [0.3, 0.4) is 0 Å². The van der Waals surface area contributed by atoms with Gasteiger partial charge in [-0.25, -0.2) is 0 Å². The van der Waals surface area contributed by atoms with Crippen molar-refractivity contribution in [3.63, 3.8) is 0 Å². The number of benzene rings is 2. The Morgan fingerprint density at radius 2 is 1.44 bits per heavy atom. The van der Waals surface area contributed by atoms with E-state index in [-0.39, 0.29) is 6.10 Å². The molecule has 2 atom stereocenters. The van der Waals surface area contributed by atoms with E-state index in [1.165, 1.54) is 11.1 Å². The van der Waals surface area contributed by atoms with Crippen molar-refractivity contribution in [3.05, 3.63) is 71.8 Å². The first-order valence-corrected chi connectivity index (χ1v) is 6.38. The zero-order valence-electron chi connectivity index (χ0n) is 10.3. The number of nitrogens with one attached hydrogen (secondary N) is 1. The maximum atomic E-state index is 5.97. The van der Waals surface area contributed by atoms with Crippen molar-refractivity contribution in [1.29, 1.82) is 0 Å². The van der Waals surface area contributed by atoms with Crippen LogP contribution in [0.5, 0.6) is 0 Å². The summed E-state index contributed by atoms with van der Waals surface area (Å²) in [5.74, 6) is 0. The van der Waals surface area contributed by atoms with E-state index in [2.05, 4.69) is 53.8 Å². The normalized spacial score (nSPS) is 23.8. The average molecular weight is 239 g/mol. The van der Waals surface area contributed by atoms with Crippen molar-refractivity contribution in [1.82, 2.24) is 5.32 Å². The number of ether oxygens (including phenoxy) is 1. The second-order valence-electron chi connectivity index (χ2n) is 4.60. The maximum absolute atomic E-state index is 5.97. The molecule has 0 aromatic heterocycles. The van der Waals surface area contributed by atoms with Crippen LogP contribution >= 0.6 is 0 Å². The lowest BCUT2D eigenvalue weighted by molar-refractivity contribution is 0.00238. The molecule has 0 aliphatic carbocycles. The quantitative estimate of drug-likeness (QED) is 0.869. The van der Waals surface area contributed by atoms with Gasteiger partial charge in [-0.1, -0.05) is 60.7 Å². The Labute approximate surface area is 108 Å². The van der Waals surface area contributed by atoms with Crippen molar-refractivity contribution in [2.75, 3.05) is 13.2 Å². The van der Waals surface area contributed by atoms with Crippen LogP contribution in [-0.2, 0) is 4.74 Å². The van der Waals surface area contributed by atoms with E-state index in [0.29, 0.717) is 6.04 Å². The first-order valence-electron chi connectivity index (χ1n) is 6.38. The molecule has 0 spiro atoms. The Morgan fingerprint density at radius 1 is 0.833 bits per heavy atom. The second kappa shape index (κ2) is 5.34. The Bertz CT molecular complexity index is 427. The highest BCUT2D eigenvalue weighted by atomic mass is 16.5. The van der Waals surface area contributed by atoms with Gasteiger partial charge in [0.15, 0.2) is 0 Å². The fourth-order valence-corrected chi connectivity index (χ4v) is 2.36. The molecule has 92 valence electrons. The number of hydrogen-bond acceptors (Lipinski definition) is 2. The largest absolute Gasteiger partial charge is 0.370 e. The third kappa shape index (κ3) is 2.45. The summed E-state index contributed by atoms with van der Waals surface area (Å²) in [7, 11) is 0. The van der Waals surface area contributed by atoms with E-state index in [1.54, 1.807) is 0 Å². The van der Waals surface area contributed by atoms with Crippen LogP contribution in [0.4, 0.5) is 0 Å². The number of morpholine rings is 1. The number of rotatable bonds is 2. The summed E-state index contributed by atoms with van der Waals surface area (Å²) in [6.07, 6.45) is 0.172. The highest BCUT2D eigenvalue weighted by molar-refractivity contribution is 5.22. The van der Waals surface area contributed by atoms with Crippen molar-refractivity contribution < 1.29 is 4.74 Å². The minimum Gasteiger partial charge on any atom is -0.370 e. The summed E-state index contributed by atoms with van der Waals surface area (Å²) in [6, 6.07) is 21.2. The molecule has 3 rings (SSSR count). The topological polar surface area (TPSA) is 21.3 Å². The lowest BCUT2D eigenvalue weighted by Crippen LogP contribution is -2.36. The fraction of sp³-hybridized carbons (Fsp3) is 0.250. The highest BCUT2D eigenvalue weighted by Crippen LogP contribution is 2.25. The minimum atomic E-state index is 0.172. The summed E-state index contributed by atoms with van der Waals surface area (Å²) < 4.78 is 5.97. The van der Waals surface area contributed by atoms with Crippen LogP contribution in [-0.4, -0.2) is 13.2 Å². The van der Waals surface area contributed by atoms with E-state index in [0.717, 1.165) is 13.2 Å². The van der Waals surface area contributed by atoms with E-state index < -0.39 is 0 Å². The van der Waals surface area contributed by atoms with E-state index in [4.69, 9.17) is 4.74 Å². The van der Waals surface area contributed by atoms with Crippen LogP contribution in [0.2, 0.25) is 0 Å². The molecule has 2 nitrogen and oxygen atoms in total. The molecule has 1 heterocycles. The Balaban J connectivity index is 1.65. The molecule has 2 aromatic rings. The highest BCUT2D eigenvalue weighted by Gasteiger charge is 2.22. The van der Waals surface area contributed by atoms with Gasteiger partial charge < -0.3 is 10.1 Å². The predicted octanol–water partition coefficient (Wildman–Crippen LogP) is 3.09. The predicted molar refractivity (Wildman–Crippen MR) is 72.3 cm³/mol. The van der Waals surface area contributed by atoms with Crippen molar-refractivity contribution in [2.45, 2.75) is 12.1 Å². The molecule has 1 aliphatic heterocycles. The number of hydrogen-bond donors (Lipinski definition) is 1. The van der Waals surface area contributed by atoms with Gasteiger partial charge in [0, 0.05) is 6.54 Å². The van der Waals surface area contributed by atoms with Gasteiger partial charge in [0.1, 0.15) is 0 Å². The van der Waals surface area contributed by atoms with Crippen molar-refractivity contribution in [3.8, 4) is 0 Å². The van der Waals surface area contributed by atoms with Gasteiger partial charge in [0.2, 0.25) is 0 Å². The van der Waals surface area contributed by atoms with Crippen LogP contribution in [0.15, 0.2) is 60.7 Å². The van der Waals surface area contributed by atoms with Gasteiger partial charge in [0.05, 0.1) is 18.8 Å². The summed E-state index contributed by atoms with van der Waals surface area (Å²) in [5, 5.41) is 3.56. The summed E-state index contributed by atoms with van der Waals surface area (Å²) in [4.78, 5) is 0. The Hall–Kier alpha value is -1.64. The molecule has 0 bridgehead atoms. The third-order valence-electron chi connectivity index (χ3n) is 3.39. The average Bonchev–Trinajstić information content (AvgIpc) is 2.49. The SMILES string of the molecule is c1ccc(C2COC(c3ccccc3)CN2)cc1. The molecule has 2 unspecified atom stereocenters. The molecular weight excluding hydrogens is 222 g/mol. The fourth-order valence-electron chi connectivity index (χ4n) is 2.36. The van der Waals surface area contributed by atoms with Crippen LogP contribution < -0.4 is 5.32 Å². The molecule has 0 radical (unpaired) electrons. The molecule has 18 heavy (non-hydrogen) atoms. The minimum absolute atomic E-state index is 0.172. The zero-order chi connectivity index (χ0) is 12.2. The monoisotopic (exact) mass is 239 g/mol. The molecule has 1 N–H and O–H groups in total. The third-order valence-corrected chi connectivity index (χ3v) is 3.39. The first kappa shape index (κ1) is 11.5. The van der Waals surface area contributed by atoms with E-state index in [9.17, 15) is 0 Å².